The Morgan fingerprint density at radius 1 is 1.05 bits per heavy atom. The van der Waals surface area contributed by atoms with Gasteiger partial charge in [-0.25, -0.2) is 9.78 Å². The lowest BCUT2D eigenvalue weighted by atomic mass is 10.0. The average Bonchev–Trinajstić information content (AvgIpc) is 2.47. The number of carboxylic acid groups (broad SMARTS) is 1. The van der Waals surface area contributed by atoms with Crippen LogP contribution in [-0.4, -0.2) is 16.1 Å². The molecule has 2 aromatic carbocycles. The Balaban J connectivity index is 2.32. The molecule has 0 bridgehead atoms. The van der Waals surface area contributed by atoms with Gasteiger partial charge in [-0.3, -0.25) is 0 Å². The largest absolute Gasteiger partial charge is 0.477 e. The molecule has 3 aromatic rings. The first-order valence-corrected chi connectivity index (χ1v) is 6.42. The predicted molar refractivity (Wildman–Crippen MR) is 79.1 cm³/mol. The van der Waals surface area contributed by atoms with E-state index in [9.17, 15) is 9.90 Å². The third kappa shape index (κ3) is 2.24. The number of carbonyl (C=O) groups is 1. The van der Waals surface area contributed by atoms with Crippen LogP contribution in [0.3, 0.4) is 0 Å². The quantitative estimate of drug-likeness (QED) is 0.765. The molecule has 0 unspecified atom stereocenters. The van der Waals surface area contributed by atoms with Gasteiger partial charge in [-0.05, 0) is 23.6 Å². The van der Waals surface area contributed by atoms with Gasteiger partial charge >= 0.3 is 5.97 Å². The minimum Gasteiger partial charge on any atom is -0.477 e. The number of pyridine rings is 1. The zero-order valence-corrected chi connectivity index (χ0v) is 11.1. The van der Waals surface area contributed by atoms with Crippen LogP contribution in [-0.2, 0) is 0 Å². The second kappa shape index (κ2) is 4.94. The number of hydrogen-bond donors (Lipinski definition) is 1. The highest BCUT2D eigenvalue weighted by molar-refractivity contribution is 6.30. The molecule has 0 radical (unpaired) electrons. The van der Waals surface area contributed by atoms with Gasteiger partial charge in [0.1, 0.15) is 5.69 Å². The number of nitrogens with zero attached hydrogens (tertiary/aromatic N) is 1. The van der Waals surface area contributed by atoms with Crippen molar-refractivity contribution in [2.75, 3.05) is 0 Å². The van der Waals surface area contributed by atoms with Gasteiger partial charge in [0.25, 0.3) is 0 Å². The van der Waals surface area contributed by atoms with Crippen molar-refractivity contribution in [2.24, 2.45) is 0 Å². The van der Waals surface area contributed by atoms with Gasteiger partial charge in [0.2, 0.25) is 0 Å². The molecule has 0 atom stereocenters. The molecule has 3 rings (SSSR count). The van der Waals surface area contributed by atoms with Crippen molar-refractivity contribution in [3.05, 3.63) is 65.3 Å². The zero-order chi connectivity index (χ0) is 14.1. The van der Waals surface area contributed by atoms with E-state index < -0.39 is 5.97 Å². The summed E-state index contributed by atoms with van der Waals surface area (Å²) in [6.45, 7) is 0. The number of hydrogen-bond acceptors (Lipinski definition) is 2. The normalized spacial score (nSPS) is 10.7. The first kappa shape index (κ1) is 12.6. The van der Waals surface area contributed by atoms with Crippen LogP contribution in [0.1, 0.15) is 10.5 Å². The standard InChI is InChI=1S/C16H10ClNO2/c17-12-7-5-10(6-8-12)15-13-4-2-1-3-11(13)9-14(18-15)16(19)20/h1-9H,(H,19,20). The average molecular weight is 284 g/mol. The fourth-order valence-electron chi connectivity index (χ4n) is 2.14. The molecule has 0 amide bonds. The van der Waals surface area contributed by atoms with Crippen molar-refractivity contribution < 1.29 is 9.90 Å². The van der Waals surface area contributed by atoms with Gasteiger partial charge in [0.05, 0.1) is 5.69 Å². The van der Waals surface area contributed by atoms with Crippen LogP contribution in [0.5, 0.6) is 0 Å². The van der Waals surface area contributed by atoms with Crippen LogP contribution in [0.25, 0.3) is 22.0 Å². The van der Waals surface area contributed by atoms with Crippen LogP contribution in [0, 0.1) is 0 Å². The third-order valence-corrected chi connectivity index (χ3v) is 3.33. The molecule has 0 saturated heterocycles. The number of rotatable bonds is 2. The van der Waals surface area contributed by atoms with E-state index in [1.165, 1.54) is 0 Å². The Morgan fingerprint density at radius 2 is 1.75 bits per heavy atom. The van der Waals surface area contributed by atoms with E-state index in [0.29, 0.717) is 10.7 Å². The number of carboxylic acids is 1. The third-order valence-electron chi connectivity index (χ3n) is 3.08. The molecule has 0 aliphatic heterocycles. The van der Waals surface area contributed by atoms with Crippen molar-refractivity contribution in [2.45, 2.75) is 0 Å². The van der Waals surface area contributed by atoms with E-state index in [0.717, 1.165) is 16.3 Å². The molecule has 1 aromatic heterocycles. The number of halogens is 1. The predicted octanol–water partition coefficient (Wildman–Crippen LogP) is 4.25. The number of fused-ring (bicyclic) bond motifs is 1. The van der Waals surface area contributed by atoms with Gasteiger partial charge < -0.3 is 5.11 Å². The second-order valence-electron chi connectivity index (χ2n) is 4.39. The van der Waals surface area contributed by atoms with E-state index in [2.05, 4.69) is 4.98 Å². The summed E-state index contributed by atoms with van der Waals surface area (Å²) in [5.74, 6) is -1.04. The Labute approximate surface area is 120 Å². The topological polar surface area (TPSA) is 50.2 Å². The monoisotopic (exact) mass is 283 g/mol. The summed E-state index contributed by atoms with van der Waals surface area (Å²) in [5.41, 5.74) is 1.53. The maximum absolute atomic E-state index is 11.2. The van der Waals surface area contributed by atoms with E-state index in [4.69, 9.17) is 11.6 Å². The molecule has 0 aliphatic rings. The molecule has 0 aliphatic carbocycles. The lowest BCUT2D eigenvalue weighted by Gasteiger charge is -2.08. The molecule has 3 nitrogen and oxygen atoms in total. The van der Waals surface area contributed by atoms with Gasteiger partial charge in [0.15, 0.2) is 0 Å². The summed E-state index contributed by atoms with van der Waals surface area (Å²) in [4.78, 5) is 15.5. The summed E-state index contributed by atoms with van der Waals surface area (Å²) >= 11 is 5.88. The van der Waals surface area contributed by atoms with Gasteiger partial charge in [-0.2, -0.15) is 0 Å². The minimum atomic E-state index is -1.04. The van der Waals surface area contributed by atoms with Crippen molar-refractivity contribution >= 4 is 28.3 Å². The summed E-state index contributed by atoms with van der Waals surface area (Å²) < 4.78 is 0. The van der Waals surface area contributed by atoms with E-state index >= 15 is 0 Å². The molecule has 0 saturated carbocycles. The van der Waals surface area contributed by atoms with E-state index in [1.807, 2.05) is 36.4 Å². The number of benzene rings is 2. The second-order valence-corrected chi connectivity index (χ2v) is 4.83. The van der Waals surface area contributed by atoms with Crippen LogP contribution in [0.4, 0.5) is 0 Å². The first-order chi connectivity index (χ1) is 9.65. The van der Waals surface area contributed by atoms with Gasteiger partial charge in [-0.1, -0.05) is 48.0 Å². The smallest absolute Gasteiger partial charge is 0.354 e. The zero-order valence-electron chi connectivity index (χ0n) is 10.4. The molecule has 1 heterocycles. The van der Waals surface area contributed by atoms with Crippen LogP contribution < -0.4 is 0 Å². The summed E-state index contributed by atoms with van der Waals surface area (Å²) in [6.07, 6.45) is 0. The van der Waals surface area contributed by atoms with Crippen LogP contribution >= 0.6 is 11.6 Å². The maximum Gasteiger partial charge on any atom is 0.354 e. The maximum atomic E-state index is 11.2. The Kier molecular flexibility index (Phi) is 3.12. The van der Waals surface area contributed by atoms with Gasteiger partial charge in [-0.15, -0.1) is 0 Å². The fourth-order valence-corrected chi connectivity index (χ4v) is 2.26. The van der Waals surface area contributed by atoms with Gasteiger partial charge in [0, 0.05) is 16.0 Å². The fraction of sp³-hybridized carbons (Fsp3) is 0. The summed E-state index contributed by atoms with van der Waals surface area (Å²) in [6, 6.07) is 16.4. The van der Waals surface area contributed by atoms with Crippen LogP contribution in [0.15, 0.2) is 54.6 Å². The van der Waals surface area contributed by atoms with Crippen molar-refractivity contribution in [1.29, 1.82) is 0 Å². The van der Waals surface area contributed by atoms with Crippen molar-refractivity contribution in [3.8, 4) is 11.3 Å². The Hall–Kier alpha value is -2.39. The highest BCUT2D eigenvalue weighted by atomic mass is 35.5. The lowest BCUT2D eigenvalue weighted by Crippen LogP contribution is -2.01. The highest BCUT2D eigenvalue weighted by Crippen LogP contribution is 2.28. The first-order valence-electron chi connectivity index (χ1n) is 6.04. The van der Waals surface area contributed by atoms with E-state index in [-0.39, 0.29) is 5.69 Å². The Bertz CT molecular complexity index is 797. The van der Waals surface area contributed by atoms with Crippen molar-refractivity contribution in [3.63, 3.8) is 0 Å². The highest BCUT2D eigenvalue weighted by Gasteiger charge is 2.12. The number of aromatic nitrogens is 1. The minimum absolute atomic E-state index is 0.0358. The molecule has 0 fully saturated rings. The molecule has 20 heavy (non-hydrogen) atoms. The lowest BCUT2D eigenvalue weighted by molar-refractivity contribution is 0.0691. The molecular weight excluding hydrogens is 274 g/mol. The van der Waals surface area contributed by atoms with Crippen LogP contribution in [0.2, 0.25) is 5.02 Å². The van der Waals surface area contributed by atoms with Crippen molar-refractivity contribution in [1.82, 2.24) is 4.98 Å². The SMILES string of the molecule is O=C(O)c1cc2ccccc2c(-c2ccc(Cl)cc2)n1. The molecular formula is C16H10ClNO2. The molecule has 1 N–H and O–H groups in total. The molecule has 4 heteroatoms. The number of aromatic carboxylic acids is 1. The summed E-state index contributed by atoms with van der Waals surface area (Å²) in [5, 5.41) is 11.6. The molecule has 0 spiro atoms. The molecule has 98 valence electrons. The summed E-state index contributed by atoms with van der Waals surface area (Å²) in [7, 11) is 0. The Morgan fingerprint density at radius 3 is 2.45 bits per heavy atom. The van der Waals surface area contributed by atoms with E-state index in [1.54, 1.807) is 18.2 Å².